The number of para-hydroxylation sites is 1. The topological polar surface area (TPSA) is 67.2 Å². The van der Waals surface area contributed by atoms with E-state index in [2.05, 4.69) is 10.4 Å². The molecule has 0 bridgehead atoms. The van der Waals surface area contributed by atoms with Gasteiger partial charge in [0.2, 0.25) is 0 Å². The zero-order valence-corrected chi connectivity index (χ0v) is 13.5. The Balaban J connectivity index is 1.67. The fourth-order valence-corrected chi connectivity index (χ4v) is 3.85. The minimum Gasteiger partial charge on any atom is -0.396 e. The first-order valence-corrected chi connectivity index (χ1v) is 8.45. The zero-order valence-electron chi connectivity index (χ0n) is 12.7. The minimum atomic E-state index is -0.0637. The van der Waals surface area contributed by atoms with Crippen LogP contribution in [0.4, 0.5) is 0 Å². The third-order valence-corrected chi connectivity index (χ3v) is 5.35. The van der Waals surface area contributed by atoms with Crippen LogP contribution in [-0.4, -0.2) is 33.4 Å². The van der Waals surface area contributed by atoms with Crippen LogP contribution in [0.5, 0.6) is 0 Å². The van der Waals surface area contributed by atoms with Crippen LogP contribution in [0, 0.1) is 12.8 Å². The molecule has 23 heavy (non-hydrogen) atoms. The first kappa shape index (κ1) is 14.4. The van der Waals surface area contributed by atoms with E-state index >= 15 is 0 Å². The number of aliphatic hydroxyl groups is 1. The molecule has 1 aromatic carbocycles. The van der Waals surface area contributed by atoms with Crippen molar-refractivity contribution in [2.24, 2.45) is 5.92 Å². The molecule has 2 N–H and O–H groups in total. The van der Waals surface area contributed by atoms with E-state index in [-0.39, 0.29) is 24.5 Å². The second kappa shape index (κ2) is 5.47. The van der Waals surface area contributed by atoms with Crippen molar-refractivity contribution >= 4 is 27.5 Å². The number of aliphatic hydroxyl groups excluding tert-OH is 1. The van der Waals surface area contributed by atoms with Crippen molar-refractivity contribution in [3.8, 4) is 5.69 Å². The fraction of sp³-hybridized carbons (Fsp3) is 0.294. The van der Waals surface area contributed by atoms with Crippen molar-refractivity contribution in [2.45, 2.75) is 19.4 Å². The van der Waals surface area contributed by atoms with Crippen LogP contribution in [0.1, 0.15) is 21.8 Å². The van der Waals surface area contributed by atoms with Gasteiger partial charge in [-0.2, -0.15) is 5.10 Å². The van der Waals surface area contributed by atoms with E-state index in [9.17, 15) is 4.79 Å². The molecule has 5 nitrogen and oxygen atoms in total. The molecule has 2 aromatic heterocycles. The van der Waals surface area contributed by atoms with Gasteiger partial charge in [0.15, 0.2) is 0 Å². The Morgan fingerprint density at radius 3 is 2.91 bits per heavy atom. The average Bonchev–Trinajstić information content (AvgIpc) is 3.04. The highest BCUT2D eigenvalue weighted by molar-refractivity contribution is 7.20. The van der Waals surface area contributed by atoms with E-state index in [0.717, 1.165) is 28.0 Å². The zero-order chi connectivity index (χ0) is 16.0. The van der Waals surface area contributed by atoms with Gasteiger partial charge in [-0.3, -0.25) is 4.79 Å². The van der Waals surface area contributed by atoms with Gasteiger partial charge in [0.05, 0.1) is 16.3 Å². The molecule has 2 atom stereocenters. The van der Waals surface area contributed by atoms with E-state index in [4.69, 9.17) is 5.11 Å². The van der Waals surface area contributed by atoms with Gasteiger partial charge in [-0.15, -0.1) is 11.3 Å². The highest BCUT2D eigenvalue weighted by Crippen LogP contribution is 2.33. The van der Waals surface area contributed by atoms with E-state index in [1.165, 1.54) is 11.3 Å². The molecule has 1 amide bonds. The average molecular weight is 327 g/mol. The molecular formula is C17H17N3O2S. The first-order valence-electron chi connectivity index (χ1n) is 7.63. The van der Waals surface area contributed by atoms with Crippen LogP contribution in [0.2, 0.25) is 0 Å². The van der Waals surface area contributed by atoms with Crippen molar-refractivity contribution in [3.05, 3.63) is 47.0 Å². The fourth-order valence-electron chi connectivity index (χ4n) is 2.77. The lowest BCUT2D eigenvalue weighted by Gasteiger charge is -2.02. The maximum Gasteiger partial charge on any atom is 0.261 e. The molecule has 2 unspecified atom stereocenters. The lowest BCUT2D eigenvalue weighted by molar-refractivity contribution is 0.0951. The summed E-state index contributed by atoms with van der Waals surface area (Å²) in [7, 11) is 0. The molecule has 0 saturated heterocycles. The Kier molecular flexibility index (Phi) is 3.43. The van der Waals surface area contributed by atoms with Gasteiger partial charge in [-0.25, -0.2) is 4.68 Å². The van der Waals surface area contributed by atoms with E-state index < -0.39 is 0 Å². The number of carbonyl (C=O) groups excluding carboxylic acids is 1. The van der Waals surface area contributed by atoms with Crippen LogP contribution in [-0.2, 0) is 0 Å². The molecule has 1 aliphatic carbocycles. The van der Waals surface area contributed by atoms with Crippen LogP contribution in [0.3, 0.4) is 0 Å². The summed E-state index contributed by atoms with van der Waals surface area (Å²) < 4.78 is 1.89. The number of aryl methyl sites for hydroxylation is 1. The monoisotopic (exact) mass is 327 g/mol. The van der Waals surface area contributed by atoms with Crippen LogP contribution >= 0.6 is 11.3 Å². The molecule has 0 spiro atoms. The number of amides is 1. The highest BCUT2D eigenvalue weighted by Gasteiger charge is 2.38. The molecule has 6 heteroatoms. The summed E-state index contributed by atoms with van der Waals surface area (Å²) in [4.78, 5) is 14.0. The molecule has 118 valence electrons. The van der Waals surface area contributed by atoms with Crippen LogP contribution in [0.25, 0.3) is 15.9 Å². The number of fused-ring (bicyclic) bond motifs is 1. The van der Waals surface area contributed by atoms with Crippen molar-refractivity contribution in [1.82, 2.24) is 15.1 Å². The lowest BCUT2D eigenvalue weighted by atomic mass is 10.3. The maximum atomic E-state index is 12.4. The summed E-state index contributed by atoms with van der Waals surface area (Å²) in [5.41, 5.74) is 1.90. The Bertz CT molecular complexity index is 869. The summed E-state index contributed by atoms with van der Waals surface area (Å²) in [5.74, 6) is 0.154. The molecule has 1 aliphatic rings. The SMILES string of the molecule is Cc1nn(-c2ccccc2)c2sc(C(=O)NC3CC3CO)cc12. The molecule has 2 heterocycles. The molecule has 1 fully saturated rings. The van der Waals surface area contributed by atoms with Gasteiger partial charge < -0.3 is 10.4 Å². The van der Waals surface area contributed by atoms with Crippen molar-refractivity contribution in [2.75, 3.05) is 6.61 Å². The second-order valence-electron chi connectivity index (χ2n) is 5.92. The summed E-state index contributed by atoms with van der Waals surface area (Å²) in [6, 6.07) is 11.9. The third-order valence-electron chi connectivity index (χ3n) is 4.24. The lowest BCUT2D eigenvalue weighted by Crippen LogP contribution is -2.26. The Labute approximate surface area is 137 Å². The number of thiophene rings is 1. The second-order valence-corrected chi connectivity index (χ2v) is 6.95. The minimum absolute atomic E-state index is 0.0637. The number of rotatable bonds is 4. The third kappa shape index (κ3) is 2.54. The highest BCUT2D eigenvalue weighted by atomic mass is 32.1. The largest absolute Gasteiger partial charge is 0.396 e. The number of benzene rings is 1. The summed E-state index contributed by atoms with van der Waals surface area (Å²) in [6.45, 7) is 2.10. The number of carbonyl (C=O) groups is 1. The standard InChI is InChI=1S/C17H17N3O2S/c1-10-13-8-15(16(22)18-14-7-11(14)9-21)23-17(13)20(19-10)12-5-3-2-4-6-12/h2-6,8,11,14,21H,7,9H2,1H3,(H,18,22). The quantitative estimate of drug-likeness (QED) is 0.774. The molecule has 1 saturated carbocycles. The molecular weight excluding hydrogens is 310 g/mol. The maximum absolute atomic E-state index is 12.4. The smallest absolute Gasteiger partial charge is 0.261 e. The first-order chi connectivity index (χ1) is 11.2. The number of nitrogens with zero attached hydrogens (tertiary/aromatic N) is 2. The Morgan fingerprint density at radius 2 is 2.22 bits per heavy atom. The van der Waals surface area contributed by atoms with Gasteiger partial charge in [0.1, 0.15) is 4.83 Å². The number of nitrogens with one attached hydrogen (secondary N) is 1. The molecule has 3 aromatic rings. The van der Waals surface area contributed by atoms with Gasteiger partial charge in [-0.1, -0.05) is 18.2 Å². The number of aromatic nitrogens is 2. The molecule has 4 rings (SSSR count). The van der Waals surface area contributed by atoms with Gasteiger partial charge in [-0.05, 0) is 31.5 Å². The van der Waals surface area contributed by atoms with Crippen molar-refractivity contribution in [1.29, 1.82) is 0 Å². The van der Waals surface area contributed by atoms with Gasteiger partial charge in [0.25, 0.3) is 5.91 Å². The summed E-state index contributed by atoms with van der Waals surface area (Å²) in [6.07, 6.45) is 0.865. The van der Waals surface area contributed by atoms with E-state index in [1.54, 1.807) is 0 Å². The predicted octanol–water partition coefficient (Wildman–Crippen LogP) is 2.51. The Morgan fingerprint density at radius 1 is 1.43 bits per heavy atom. The molecule has 0 radical (unpaired) electrons. The van der Waals surface area contributed by atoms with Crippen molar-refractivity contribution in [3.63, 3.8) is 0 Å². The Hall–Kier alpha value is -2.18. The van der Waals surface area contributed by atoms with E-state index in [1.807, 2.05) is 48.0 Å². The molecule has 0 aliphatic heterocycles. The normalized spacial score (nSPS) is 19.9. The number of hydrogen-bond acceptors (Lipinski definition) is 4. The van der Waals surface area contributed by atoms with E-state index in [0.29, 0.717) is 4.88 Å². The predicted molar refractivity (Wildman–Crippen MR) is 90.1 cm³/mol. The van der Waals surface area contributed by atoms with Crippen molar-refractivity contribution < 1.29 is 9.90 Å². The van der Waals surface area contributed by atoms with Crippen LogP contribution < -0.4 is 5.32 Å². The van der Waals surface area contributed by atoms with Gasteiger partial charge in [0, 0.05) is 24.0 Å². The summed E-state index contributed by atoms with van der Waals surface area (Å²) in [5, 5.41) is 17.7. The van der Waals surface area contributed by atoms with Crippen LogP contribution in [0.15, 0.2) is 36.4 Å². The summed E-state index contributed by atoms with van der Waals surface area (Å²) >= 11 is 1.45. The van der Waals surface area contributed by atoms with Gasteiger partial charge >= 0.3 is 0 Å². The number of hydrogen-bond donors (Lipinski definition) is 2.